The Balaban J connectivity index is 2.05. The first-order valence-corrected chi connectivity index (χ1v) is 11.7. The van der Waals surface area contributed by atoms with Crippen LogP contribution in [0.1, 0.15) is 16.0 Å². The van der Waals surface area contributed by atoms with Gasteiger partial charge < -0.3 is 0 Å². The number of halogens is 3. The molecule has 1 aliphatic carbocycles. The van der Waals surface area contributed by atoms with Crippen LogP contribution < -0.4 is 0 Å². The van der Waals surface area contributed by atoms with Gasteiger partial charge in [-0.25, -0.2) is 8.78 Å². The number of rotatable bonds is 0. The molecule has 0 unspecified atom stereocenters. The number of hydrogen-bond acceptors (Lipinski definition) is 5. The molecular weight excluding hydrogens is 422 g/mol. The minimum absolute atomic E-state index is 0.812. The molecule has 8 heteroatoms. The molecule has 4 rings (SSSR count). The lowest BCUT2D eigenvalue weighted by molar-refractivity contribution is -0.0131. The maximum atomic E-state index is 15.6. The van der Waals surface area contributed by atoms with Gasteiger partial charge in [-0.15, -0.1) is 58.4 Å². The molecule has 0 nitrogen and oxygen atoms in total. The van der Waals surface area contributed by atoms with E-state index in [0.29, 0.717) is 0 Å². The maximum absolute atomic E-state index is 15.6. The summed E-state index contributed by atoms with van der Waals surface area (Å²) >= 11 is 11.0. The summed E-state index contributed by atoms with van der Waals surface area (Å²) in [6, 6.07) is 0. The average Bonchev–Trinajstić information content (AvgIpc) is 3.09. The molecule has 2 spiro atoms. The molecule has 0 aromatic carbocycles. The third kappa shape index (κ3) is 1.54. The van der Waals surface area contributed by atoms with Gasteiger partial charge in [-0.05, 0) is 22.9 Å². The van der Waals surface area contributed by atoms with Gasteiger partial charge in [0.1, 0.15) is 0 Å². The molecule has 2 saturated heterocycles. The van der Waals surface area contributed by atoms with Crippen molar-refractivity contribution in [3.8, 4) is 0 Å². The SMILES string of the molecule is Cc1sc(Br)c2c1C1(SCCS1)C(F)(F)C21SCCS1. The Morgan fingerprint density at radius 3 is 1.85 bits per heavy atom. The van der Waals surface area contributed by atoms with Gasteiger partial charge in [0, 0.05) is 39.0 Å². The Morgan fingerprint density at radius 1 is 0.900 bits per heavy atom. The van der Waals surface area contributed by atoms with Crippen LogP contribution in [0.2, 0.25) is 0 Å². The van der Waals surface area contributed by atoms with Crippen LogP contribution in [0.3, 0.4) is 0 Å². The van der Waals surface area contributed by atoms with Gasteiger partial charge in [0.25, 0.3) is 0 Å². The first kappa shape index (κ1) is 15.0. The van der Waals surface area contributed by atoms with Gasteiger partial charge in [0.05, 0.1) is 3.79 Å². The van der Waals surface area contributed by atoms with Gasteiger partial charge in [0.2, 0.25) is 0 Å². The van der Waals surface area contributed by atoms with Gasteiger partial charge in [-0.1, -0.05) is 0 Å². The molecule has 0 amide bonds. The lowest BCUT2D eigenvalue weighted by Crippen LogP contribution is -2.44. The van der Waals surface area contributed by atoms with E-state index in [1.807, 2.05) is 6.92 Å². The molecule has 2 fully saturated rings. The van der Waals surface area contributed by atoms with Crippen LogP contribution in [0.25, 0.3) is 0 Å². The van der Waals surface area contributed by atoms with Crippen molar-refractivity contribution >= 4 is 74.3 Å². The quantitative estimate of drug-likeness (QED) is 0.512. The Kier molecular flexibility index (Phi) is 3.54. The fourth-order valence-corrected chi connectivity index (χ4v) is 13.2. The molecule has 0 bridgehead atoms. The summed E-state index contributed by atoms with van der Waals surface area (Å²) in [4.78, 5) is 1.05. The highest BCUT2D eigenvalue weighted by Crippen LogP contribution is 2.79. The van der Waals surface area contributed by atoms with E-state index < -0.39 is 14.1 Å². The molecule has 2 aliphatic heterocycles. The summed E-state index contributed by atoms with van der Waals surface area (Å²) in [5.41, 5.74) is 1.81. The summed E-state index contributed by atoms with van der Waals surface area (Å²) in [5, 5.41) is 0. The van der Waals surface area contributed by atoms with Crippen molar-refractivity contribution < 1.29 is 8.78 Å². The second-order valence-electron chi connectivity index (χ2n) is 4.88. The lowest BCUT2D eigenvalue weighted by atomic mass is 10.2. The van der Waals surface area contributed by atoms with Crippen LogP contribution in [-0.4, -0.2) is 28.9 Å². The zero-order valence-electron chi connectivity index (χ0n) is 10.5. The van der Waals surface area contributed by atoms with E-state index in [4.69, 9.17) is 0 Å². The van der Waals surface area contributed by atoms with Crippen LogP contribution in [-0.2, 0) is 8.16 Å². The predicted octanol–water partition coefficient (Wildman–Crippen LogP) is 5.73. The van der Waals surface area contributed by atoms with Crippen LogP contribution in [0, 0.1) is 6.92 Å². The molecule has 0 N–H and O–H groups in total. The number of fused-ring (bicyclic) bond motifs is 3. The summed E-state index contributed by atoms with van der Waals surface area (Å²) < 4.78 is 29.9. The number of hydrogen-bond donors (Lipinski definition) is 0. The Labute approximate surface area is 146 Å². The summed E-state index contributed by atoms with van der Waals surface area (Å²) in [6.07, 6.45) is 0. The van der Waals surface area contributed by atoms with E-state index in [1.165, 1.54) is 47.0 Å². The van der Waals surface area contributed by atoms with Gasteiger partial charge in [-0.3, -0.25) is 0 Å². The van der Waals surface area contributed by atoms with E-state index in [1.54, 1.807) is 11.3 Å². The molecule has 0 atom stereocenters. The van der Waals surface area contributed by atoms with Crippen molar-refractivity contribution in [2.75, 3.05) is 23.0 Å². The number of thioether (sulfide) groups is 4. The molecule has 3 heterocycles. The number of aryl methyl sites for hydroxylation is 1. The molecule has 0 saturated carbocycles. The second kappa shape index (κ2) is 4.72. The molecule has 20 heavy (non-hydrogen) atoms. The van der Waals surface area contributed by atoms with Gasteiger partial charge >= 0.3 is 5.92 Å². The average molecular weight is 433 g/mol. The molecule has 110 valence electrons. The van der Waals surface area contributed by atoms with E-state index >= 15 is 8.78 Å². The first-order valence-electron chi connectivity index (χ1n) is 6.20. The fourth-order valence-electron chi connectivity index (χ4n) is 3.21. The molecular formula is C12H11BrF2S5. The summed E-state index contributed by atoms with van der Waals surface area (Å²) in [5.74, 6) is 0.554. The van der Waals surface area contributed by atoms with Crippen LogP contribution in [0.15, 0.2) is 3.79 Å². The normalized spacial score (nSPS) is 28.6. The Hall–Kier alpha value is 1.44. The fraction of sp³-hybridized carbons (Fsp3) is 0.667. The van der Waals surface area contributed by atoms with Crippen LogP contribution in [0.4, 0.5) is 8.78 Å². The van der Waals surface area contributed by atoms with Crippen molar-refractivity contribution in [3.63, 3.8) is 0 Å². The van der Waals surface area contributed by atoms with Crippen molar-refractivity contribution in [3.05, 3.63) is 19.8 Å². The zero-order valence-corrected chi connectivity index (χ0v) is 16.2. The minimum atomic E-state index is -2.70. The third-order valence-corrected chi connectivity index (χ3v) is 12.7. The van der Waals surface area contributed by atoms with Crippen molar-refractivity contribution in [2.24, 2.45) is 0 Å². The third-order valence-electron chi connectivity index (χ3n) is 3.91. The van der Waals surface area contributed by atoms with Crippen molar-refractivity contribution in [2.45, 2.75) is 21.0 Å². The molecule has 3 aliphatic rings. The topological polar surface area (TPSA) is 0 Å². The maximum Gasteiger partial charge on any atom is 0.303 e. The Bertz CT molecular complexity index is 526. The number of thiophene rings is 1. The highest BCUT2D eigenvalue weighted by atomic mass is 79.9. The number of alkyl halides is 2. The van der Waals surface area contributed by atoms with Gasteiger partial charge in [0.15, 0.2) is 8.16 Å². The summed E-state index contributed by atoms with van der Waals surface area (Å²) in [7, 11) is 0. The summed E-state index contributed by atoms with van der Waals surface area (Å²) in [6.45, 7) is 1.99. The standard InChI is InChI=1S/C12H11BrF2S5/c1-6-7-8(9(13)20-6)11(18-4-5-19-11)12(14,15)10(7)16-2-3-17-10/h2-5H2,1H3. The minimum Gasteiger partial charge on any atom is -0.201 e. The highest BCUT2D eigenvalue weighted by Gasteiger charge is 2.77. The van der Waals surface area contributed by atoms with E-state index in [0.717, 1.165) is 42.8 Å². The molecule has 0 radical (unpaired) electrons. The predicted molar refractivity (Wildman–Crippen MR) is 94.9 cm³/mol. The molecule has 1 aromatic rings. The highest BCUT2D eigenvalue weighted by molar-refractivity contribution is 9.11. The van der Waals surface area contributed by atoms with Crippen LogP contribution >= 0.6 is 74.3 Å². The smallest absolute Gasteiger partial charge is 0.201 e. The van der Waals surface area contributed by atoms with Crippen LogP contribution in [0.5, 0.6) is 0 Å². The van der Waals surface area contributed by atoms with Gasteiger partial charge in [-0.2, -0.15) is 0 Å². The largest absolute Gasteiger partial charge is 0.303 e. The van der Waals surface area contributed by atoms with Crippen molar-refractivity contribution in [1.82, 2.24) is 0 Å². The van der Waals surface area contributed by atoms with E-state index in [2.05, 4.69) is 15.9 Å². The second-order valence-corrected chi connectivity index (χ2v) is 13.2. The zero-order chi connectivity index (χ0) is 14.2. The Morgan fingerprint density at radius 2 is 1.35 bits per heavy atom. The van der Waals surface area contributed by atoms with Crippen molar-refractivity contribution in [1.29, 1.82) is 0 Å². The molecule has 1 aromatic heterocycles. The monoisotopic (exact) mass is 432 g/mol. The lowest BCUT2D eigenvalue weighted by Gasteiger charge is -2.37. The van der Waals surface area contributed by atoms with E-state index in [9.17, 15) is 0 Å². The first-order chi connectivity index (χ1) is 9.46. The van der Waals surface area contributed by atoms with E-state index in [-0.39, 0.29) is 0 Å².